The number of anilines is 1. The molecule has 5 heteroatoms. The molecule has 3 N–H and O–H groups in total. The Labute approximate surface area is 109 Å². The highest BCUT2D eigenvalue weighted by Crippen LogP contribution is 2.33. The first kappa shape index (κ1) is 11.5. The second-order valence-electron chi connectivity index (χ2n) is 4.37. The minimum atomic E-state index is -0.0933. The lowest BCUT2D eigenvalue weighted by molar-refractivity contribution is 0.0935. The van der Waals surface area contributed by atoms with Gasteiger partial charge >= 0.3 is 0 Å². The summed E-state index contributed by atoms with van der Waals surface area (Å²) in [7, 11) is 0. The number of nitrogens with one attached hydrogen (secondary N) is 1. The maximum atomic E-state index is 12.2. The fraction of sp³-hybridized carbons (Fsp3) is 0.308. The van der Waals surface area contributed by atoms with E-state index in [1.54, 1.807) is 0 Å². The van der Waals surface area contributed by atoms with Gasteiger partial charge < -0.3 is 15.8 Å². The number of nitrogen functional groups attached to an aromatic ring is 1. The van der Waals surface area contributed by atoms with E-state index in [0.717, 1.165) is 16.5 Å². The predicted molar refractivity (Wildman–Crippen MR) is 72.9 cm³/mol. The highest BCUT2D eigenvalue weighted by Gasteiger charge is 2.21. The topological polar surface area (TPSA) is 64.4 Å². The molecule has 1 unspecified atom stereocenters. The molecule has 1 aliphatic heterocycles. The summed E-state index contributed by atoms with van der Waals surface area (Å²) >= 11 is 1.44. The molecule has 0 bridgehead atoms. The number of thiophene rings is 1. The van der Waals surface area contributed by atoms with Crippen LogP contribution in [-0.2, 0) is 4.74 Å². The van der Waals surface area contributed by atoms with E-state index in [1.807, 2.05) is 24.3 Å². The predicted octanol–water partition coefficient (Wildman–Crippen LogP) is 2.00. The maximum absolute atomic E-state index is 12.2. The van der Waals surface area contributed by atoms with E-state index >= 15 is 0 Å². The van der Waals surface area contributed by atoms with E-state index < -0.39 is 0 Å². The summed E-state index contributed by atoms with van der Waals surface area (Å²) in [6, 6.07) is 7.91. The van der Waals surface area contributed by atoms with Crippen LogP contribution < -0.4 is 11.1 Å². The zero-order chi connectivity index (χ0) is 12.5. The first-order valence-electron chi connectivity index (χ1n) is 5.91. The normalized spacial score (nSPS) is 19.2. The van der Waals surface area contributed by atoms with Gasteiger partial charge in [0.15, 0.2) is 0 Å². The molecule has 3 rings (SSSR count). The van der Waals surface area contributed by atoms with Gasteiger partial charge in [0.1, 0.15) is 4.88 Å². The van der Waals surface area contributed by atoms with Gasteiger partial charge in [0, 0.05) is 16.7 Å². The highest BCUT2D eigenvalue weighted by molar-refractivity contribution is 7.21. The van der Waals surface area contributed by atoms with Crippen molar-refractivity contribution in [1.82, 2.24) is 5.32 Å². The SMILES string of the molecule is Nc1c(C(=O)NC2CCOC2)sc2ccccc12. The quantitative estimate of drug-likeness (QED) is 0.870. The lowest BCUT2D eigenvalue weighted by Crippen LogP contribution is -2.34. The van der Waals surface area contributed by atoms with Crippen LogP contribution in [0.3, 0.4) is 0 Å². The number of ether oxygens (including phenoxy) is 1. The molecule has 1 aliphatic rings. The Morgan fingerprint density at radius 3 is 3.00 bits per heavy atom. The summed E-state index contributed by atoms with van der Waals surface area (Å²) in [5.41, 5.74) is 6.61. The average molecular weight is 262 g/mol. The average Bonchev–Trinajstić information content (AvgIpc) is 2.98. The monoisotopic (exact) mass is 262 g/mol. The van der Waals surface area contributed by atoms with Crippen LogP contribution in [0.2, 0.25) is 0 Å². The molecule has 0 aliphatic carbocycles. The van der Waals surface area contributed by atoms with Crippen LogP contribution >= 0.6 is 11.3 Å². The Hall–Kier alpha value is -1.59. The maximum Gasteiger partial charge on any atom is 0.263 e. The van der Waals surface area contributed by atoms with E-state index in [-0.39, 0.29) is 11.9 Å². The van der Waals surface area contributed by atoms with Gasteiger partial charge in [-0.15, -0.1) is 11.3 Å². The Morgan fingerprint density at radius 1 is 1.44 bits per heavy atom. The number of hydrogen-bond donors (Lipinski definition) is 2. The van der Waals surface area contributed by atoms with Gasteiger partial charge in [-0.25, -0.2) is 0 Å². The Bertz CT molecular complexity index is 588. The molecule has 0 radical (unpaired) electrons. The number of nitrogens with two attached hydrogens (primary N) is 1. The number of amides is 1. The summed E-state index contributed by atoms with van der Waals surface area (Å²) in [5.74, 6) is -0.0933. The van der Waals surface area contributed by atoms with Crippen molar-refractivity contribution in [2.45, 2.75) is 12.5 Å². The van der Waals surface area contributed by atoms with Gasteiger partial charge in [-0.2, -0.15) is 0 Å². The number of fused-ring (bicyclic) bond motifs is 1. The van der Waals surface area contributed by atoms with Crippen molar-refractivity contribution in [2.24, 2.45) is 0 Å². The molecular formula is C13H14N2O2S. The molecular weight excluding hydrogens is 248 g/mol. The Balaban J connectivity index is 1.88. The fourth-order valence-electron chi connectivity index (χ4n) is 2.13. The Kier molecular flexibility index (Phi) is 2.93. The van der Waals surface area contributed by atoms with Crippen LogP contribution in [0.15, 0.2) is 24.3 Å². The first-order chi connectivity index (χ1) is 8.75. The van der Waals surface area contributed by atoms with Crippen LogP contribution in [-0.4, -0.2) is 25.2 Å². The molecule has 1 atom stereocenters. The smallest absolute Gasteiger partial charge is 0.263 e. The Morgan fingerprint density at radius 2 is 2.28 bits per heavy atom. The molecule has 1 aromatic heterocycles. The number of hydrogen-bond acceptors (Lipinski definition) is 4. The van der Waals surface area contributed by atoms with Gasteiger partial charge in [0.25, 0.3) is 5.91 Å². The standard InChI is InChI=1S/C13H14N2O2S/c14-11-9-3-1-2-4-10(9)18-12(11)13(16)15-8-5-6-17-7-8/h1-4,8H,5-7,14H2,(H,15,16). The van der Waals surface area contributed by atoms with Crippen molar-refractivity contribution in [3.8, 4) is 0 Å². The summed E-state index contributed by atoms with van der Waals surface area (Å²) in [6.07, 6.45) is 0.872. The molecule has 0 spiro atoms. The highest BCUT2D eigenvalue weighted by atomic mass is 32.1. The minimum Gasteiger partial charge on any atom is -0.397 e. The van der Waals surface area contributed by atoms with Gasteiger partial charge in [-0.3, -0.25) is 4.79 Å². The molecule has 4 nitrogen and oxygen atoms in total. The summed E-state index contributed by atoms with van der Waals surface area (Å²) in [6.45, 7) is 1.31. The minimum absolute atomic E-state index is 0.0933. The van der Waals surface area contributed by atoms with E-state index in [9.17, 15) is 4.79 Å². The van der Waals surface area contributed by atoms with E-state index in [4.69, 9.17) is 10.5 Å². The molecule has 1 amide bonds. The van der Waals surface area contributed by atoms with E-state index in [0.29, 0.717) is 23.8 Å². The van der Waals surface area contributed by atoms with Gasteiger partial charge in [-0.1, -0.05) is 18.2 Å². The number of benzene rings is 1. The molecule has 1 saturated heterocycles. The molecule has 2 aromatic rings. The molecule has 2 heterocycles. The number of carbonyl (C=O) groups excluding carboxylic acids is 1. The van der Waals surface area contributed by atoms with Crippen molar-refractivity contribution in [1.29, 1.82) is 0 Å². The fourth-order valence-corrected chi connectivity index (χ4v) is 3.16. The molecule has 0 saturated carbocycles. The third kappa shape index (κ3) is 1.95. The van der Waals surface area contributed by atoms with Crippen molar-refractivity contribution >= 4 is 33.0 Å². The zero-order valence-corrected chi connectivity index (χ0v) is 10.6. The molecule has 18 heavy (non-hydrogen) atoms. The largest absolute Gasteiger partial charge is 0.397 e. The summed E-state index contributed by atoms with van der Waals surface area (Å²) in [4.78, 5) is 12.8. The van der Waals surface area contributed by atoms with E-state index in [1.165, 1.54) is 11.3 Å². The lowest BCUT2D eigenvalue weighted by Gasteiger charge is -2.09. The van der Waals surface area contributed by atoms with Crippen LogP contribution in [0.5, 0.6) is 0 Å². The van der Waals surface area contributed by atoms with Crippen LogP contribution in [0.1, 0.15) is 16.1 Å². The van der Waals surface area contributed by atoms with Crippen LogP contribution in [0.4, 0.5) is 5.69 Å². The molecule has 1 aromatic carbocycles. The van der Waals surface area contributed by atoms with Crippen molar-refractivity contribution < 1.29 is 9.53 Å². The number of carbonyl (C=O) groups is 1. The van der Waals surface area contributed by atoms with Crippen LogP contribution in [0.25, 0.3) is 10.1 Å². The van der Waals surface area contributed by atoms with Crippen LogP contribution in [0, 0.1) is 0 Å². The van der Waals surface area contributed by atoms with Crippen molar-refractivity contribution in [3.05, 3.63) is 29.1 Å². The summed E-state index contributed by atoms with van der Waals surface area (Å²) in [5, 5.41) is 3.92. The van der Waals surface area contributed by atoms with Gasteiger partial charge in [0.2, 0.25) is 0 Å². The third-order valence-corrected chi connectivity index (χ3v) is 4.29. The molecule has 1 fully saturated rings. The molecule has 94 valence electrons. The second-order valence-corrected chi connectivity index (χ2v) is 5.43. The van der Waals surface area contributed by atoms with Gasteiger partial charge in [0.05, 0.1) is 18.3 Å². The lowest BCUT2D eigenvalue weighted by atomic mass is 10.2. The zero-order valence-electron chi connectivity index (χ0n) is 9.81. The first-order valence-corrected chi connectivity index (χ1v) is 6.73. The van der Waals surface area contributed by atoms with Gasteiger partial charge in [-0.05, 0) is 12.5 Å². The summed E-state index contributed by atoms with van der Waals surface area (Å²) < 4.78 is 6.28. The second kappa shape index (κ2) is 4.59. The number of rotatable bonds is 2. The third-order valence-electron chi connectivity index (χ3n) is 3.11. The van der Waals surface area contributed by atoms with E-state index in [2.05, 4.69) is 5.32 Å². The van der Waals surface area contributed by atoms with Crippen molar-refractivity contribution in [3.63, 3.8) is 0 Å². The van der Waals surface area contributed by atoms with Crippen molar-refractivity contribution in [2.75, 3.05) is 18.9 Å².